The van der Waals surface area contributed by atoms with Gasteiger partial charge in [-0.25, -0.2) is 0 Å². The maximum atomic E-state index is 6.93. The number of benzene rings is 12. The summed E-state index contributed by atoms with van der Waals surface area (Å²) in [7, 11) is 0. The van der Waals surface area contributed by atoms with Crippen LogP contribution in [0.15, 0.2) is 231 Å². The van der Waals surface area contributed by atoms with Gasteiger partial charge in [-0.3, -0.25) is 0 Å². The molecule has 0 aliphatic carbocycles. The Morgan fingerprint density at radius 1 is 0.343 bits per heavy atom. The van der Waals surface area contributed by atoms with E-state index in [1.54, 1.807) is 0 Å². The van der Waals surface area contributed by atoms with Crippen LogP contribution in [-0.2, 0) is 0 Å². The second kappa shape index (κ2) is 15.5. The van der Waals surface area contributed by atoms with Crippen LogP contribution in [0.5, 0.6) is 0 Å². The van der Waals surface area contributed by atoms with Crippen molar-refractivity contribution in [1.82, 2.24) is 4.57 Å². The number of nitrogen functional groups attached to an aromatic ring is 1. The zero-order chi connectivity index (χ0) is 44.6. The van der Waals surface area contributed by atoms with Gasteiger partial charge in [0.15, 0.2) is 0 Å². The molecule has 0 unspecified atom stereocenters. The third-order valence-electron chi connectivity index (χ3n) is 14.0. The summed E-state index contributed by atoms with van der Waals surface area (Å²) >= 11 is 0. The molecule has 2 nitrogen and oxygen atoms in total. The lowest BCUT2D eigenvalue weighted by atomic mass is 9.81. The second-order valence-corrected chi connectivity index (χ2v) is 17.7. The molecule has 314 valence electrons. The molecule has 0 aliphatic rings. The van der Waals surface area contributed by atoms with Crippen LogP contribution in [0.2, 0.25) is 0 Å². The van der Waals surface area contributed by atoms with E-state index >= 15 is 0 Å². The van der Waals surface area contributed by atoms with E-state index in [-0.39, 0.29) is 0 Å². The van der Waals surface area contributed by atoms with E-state index in [0.717, 1.165) is 44.7 Å². The summed E-state index contributed by atoms with van der Waals surface area (Å²) in [6.45, 7) is 2.04. The summed E-state index contributed by atoms with van der Waals surface area (Å²) in [6, 6.07) is 82.7. The van der Waals surface area contributed by atoms with Crippen molar-refractivity contribution >= 4 is 87.3 Å². The Morgan fingerprint density at radius 2 is 0.761 bits per heavy atom. The highest BCUT2D eigenvalue weighted by Crippen LogP contribution is 2.49. The molecule has 13 rings (SSSR count). The zero-order valence-corrected chi connectivity index (χ0v) is 37.0. The van der Waals surface area contributed by atoms with Crippen LogP contribution < -0.4 is 5.73 Å². The zero-order valence-electron chi connectivity index (χ0n) is 37.0. The lowest BCUT2D eigenvalue weighted by Gasteiger charge is -2.21. The van der Waals surface area contributed by atoms with Crippen LogP contribution >= 0.6 is 0 Å². The van der Waals surface area contributed by atoms with E-state index < -0.39 is 0 Å². The molecule has 1 heterocycles. The summed E-state index contributed by atoms with van der Waals surface area (Å²) in [4.78, 5) is 0. The number of hydrogen-bond donors (Lipinski definition) is 1. The van der Waals surface area contributed by atoms with Crippen LogP contribution in [0.25, 0.3) is 132 Å². The largest absolute Gasteiger partial charge is 0.396 e. The number of fused-ring (bicyclic) bond motifs is 9. The van der Waals surface area contributed by atoms with Crippen molar-refractivity contribution < 1.29 is 0 Å². The minimum absolute atomic E-state index is 0.783. The van der Waals surface area contributed by atoms with Crippen molar-refractivity contribution in [2.45, 2.75) is 6.92 Å². The topological polar surface area (TPSA) is 30.9 Å². The van der Waals surface area contributed by atoms with Gasteiger partial charge in [0.05, 0.1) is 16.9 Å². The van der Waals surface area contributed by atoms with Crippen LogP contribution in [-0.4, -0.2) is 4.57 Å². The van der Waals surface area contributed by atoms with Crippen molar-refractivity contribution in [3.05, 3.63) is 236 Å². The van der Waals surface area contributed by atoms with Gasteiger partial charge in [-0.05, 0) is 165 Å². The number of anilines is 1. The molecular weight excluding hydrogens is 809 g/mol. The van der Waals surface area contributed by atoms with Crippen molar-refractivity contribution in [3.63, 3.8) is 0 Å². The summed E-state index contributed by atoms with van der Waals surface area (Å²) in [6.07, 6.45) is 4.15. The normalized spacial score (nSPS) is 12.0. The summed E-state index contributed by atoms with van der Waals surface area (Å²) in [5, 5.41) is 16.0. The Morgan fingerprint density at radius 3 is 1.31 bits per heavy atom. The van der Waals surface area contributed by atoms with Gasteiger partial charge in [0.1, 0.15) is 0 Å². The van der Waals surface area contributed by atoms with Crippen molar-refractivity contribution in [2.75, 3.05) is 5.73 Å². The van der Waals surface area contributed by atoms with Gasteiger partial charge in [0.2, 0.25) is 0 Å². The van der Waals surface area contributed by atoms with Gasteiger partial charge in [-0.15, -0.1) is 0 Å². The summed E-state index contributed by atoms with van der Waals surface area (Å²) in [5.74, 6) is 0. The molecule has 0 saturated heterocycles. The second-order valence-electron chi connectivity index (χ2n) is 17.7. The molecule has 13 aromatic rings. The highest BCUT2D eigenvalue weighted by atomic mass is 15.0. The van der Waals surface area contributed by atoms with Crippen LogP contribution in [0.3, 0.4) is 0 Å². The molecule has 67 heavy (non-hydrogen) atoms. The molecule has 2 heteroatoms. The smallest absolute Gasteiger partial charge is 0.0695 e. The lowest BCUT2D eigenvalue weighted by molar-refractivity contribution is 1.11. The molecule has 0 amide bonds. The number of para-hydroxylation sites is 1. The standard InChI is InChI=1S/C65H44N2/c1-2-16-62-65(66)60-38-44(34-36-61(60)67(62)47-19-4-3-5-20-47)42-31-29-41(30-32-42)43-33-35-56-59(37-43)64(58-40-46-18-7-9-22-49(46)51-24-11-13-26-53(51)58)55-28-15-14-27-54(55)63(56)57-39-45-17-6-8-21-48(45)50-23-10-12-25-52(50)57/h2-40H,66H2,1H3/b16-2-. The molecule has 0 bridgehead atoms. The van der Waals surface area contributed by atoms with Gasteiger partial charge >= 0.3 is 0 Å². The Kier molecular flexibility index (Phi) is 8.94. The van der Waals surface area contributed by atoms with Gasteiger partial charge in [0.25, 0.3) is 0 Å². The quantitative estimate of drug-likeness (QED) is 0.131. The molecule has 0 atom stereocenters. The fraction of sp³-hybridized carbons (Fsp3) is 0.0154. The maximum Gasteiger partial charge on any atom is 0.0695 e. The van der Waals surface area contributed by atoms with Crippen LogP contribution in [0, 0.1) is 0 Å². The van der Waals surface area contributed by atoms with Gasteiger partial charge in [0, 0.05) is 11.1 Å². The predicted molar refractivity (Wildman–Crippen MR) is 289 cm³/mol. The molecule has 0 saturated carbocycles. The number of hydrogen-bond acceptors (Lipinski definition) is 1. The van der Waals surface area contributed by atoms with E-state index in [0.29, 0.717) is 0 Å². The SMILES string of the molecule is C/C=C\c1c(N)c2cc(-c3ccc(-c4ccc5c(-c6cc7ccccc7c7ccccc67)c6ccccc6c(-c6cc7ccccc7c7ccccc67)c5c4)cc3)ccc2n1-c1ccccc1. The van der Waals surface area contributed by atoms with E-state index in [9.17, 15) is 0 Å². The average Bonchev–Trinajstić information content (AvgIpc) is 3.67. The fourth-order valence-corrected chi connectivity index (χ4v) is 11.0. The van der Waals surface area contributed by atoms with Gasteiger partial charge < -0.3 is 10.3 Å². The fourth-order valence-electron chi connectivity index (χ4n) is 11.0. The highest BCUT2D eigenvalue weighted by molar-refractivity contribution is 6.28. The maximum absolute atomic E-state index is 6.93. The highest BCUT2D eigenvalue weighted by Gasteiger charge is 2.22. The average molecular weight is 853 g/mol. The van der Waals surface area contributed by atoms with E-state index in [1.165, 1.54) is 92.5 Å². The minimum Gasteiger partial charge on any atom is -0.396 e. The van der Waals surface area contributed by atoms with E-state index in [4.69, 9.17) is 5.73 Å². The van der Waals surface area contributed by atoms with Crippen molar-refractivity contribution in [3.8, 4) is 50.2 Å². The Balaban J connectivity index is 1.04. The van der Waals surface area contributed by atoms with E-state index in [2.05, 4.69) is 235 Å². The molecule has 1 aromatic heterocycles. The number of allylic oxidation sites excluding steroid dienone is 1. The number of nitrogens with two attached hydrogens (primary N) is 1. The van der Waals surface area contributed by atoms with Crippen molar-refractivity contribution in [1.29, 1.82) is 0 Å². The first-order valence-electron chi connectivity index (χ1n) is 23.2. The first kappa shape index (κ1) is 38.7. The Hall–Kier alpha value is -8.72. The Labute approximate surface area is 389 Å². The lowest BCUT2D eigenvalue weighted by Crippen LogP contribution is -1.97. The number of rotatable bonds is 6. The first-order chi connectivity index (χ1) is 33.1. The van der Waals surface area contributed by atoms with Crippen LogP contribution in [0.4, 0.5) is 5.69 Å². The summed E-state index contributed by atoms with van der Waals surface area (Å²) in [5.41, 5.74) is 20.5. The van der Waals surface area contributed by atoms with Crippen molar-refractivity contribution in [2.24, 2.45) is 0 Å². The molecule has 2 N–H and O–H groups in total. The van der Waals surface area contributed by atoms with Crippen LogP contribution in [0.1, 0.15) is 12.6 Å². The Bertz CT molecular complexity index is 4150. The first-order valence-corrected chi connectivity index (χ1v) is 23.2. The molecule has 0 aliphatic heterocycles. The monoisotopic (exact) mass is 852 g/mol. The molecule has 0 fully saturated rings. The third-order valence-corrected chi connectivity index (χ3v) is 14.0. The molecule has 0 radical (unpaired) electrons. The van der Waals surface area contributed by atoms with Gasteiger partial charge in [-0.2, -0.15) is 0 Å². The van der Waals surface area contributed by atoms with Gasteiger partial charge in [-0.1, -0.05) is 188 Å². The third kappa shape index (κ3) is 6.11. The molecule has 0 spiro atoms. The minimum atomic E-state index is 0.783. The predicted octanol–water partition coefficient (Wildman–Crippen LogP) is 17.8. The number of aromatic nitrogens is 1. The molecule has 12 aromatic carbocycles. The number of nitrogens with zero attached hydrogens (tertiary/aromatic N) is 1. The molecular formula is C65H44N2. The van der Waals surface area contributed by atoms with E-state index in [1.807, 2.05) is 13.0 Å². The summed E-state index contributed by atoms with van der Waals surface area (Å²) < 4.78 is 2.25.